The molecule has 0 atom stereocenters. The number of fused-ring (bicyclic) bond motifs is 2. The molecular weight excluding hydrogens is 368 g/mol. The predicted molar refractivity (Wildman–Crippen MR) is 111 cm³/mol. The van der Waals surface area contributed by atoms with Crippen LogP contribution in [0.1, 0.15) is 18.4 Å². The van der Waals surface area contributed by atoms with Crippen LogP contribution >= 0.6 is 0 Å². The topological polar surface area (TPSA) is 99.1 Å². The highest BCUT2D eigenvalue weighted by atomic mass is 16.5. The Morgan fingerprint density at radius 3 is 2.97 bits per heavy atom. The van der Waals surface area contributed by atoms with Gasteiger partial charge in [-0.1, -0.05) is 12.1 Å². The number of ether oxygens (including phenoxy) is 1. The standard InChI is InChI=1S/C22H20N4O3/c27-21(14-6-8-29-9-7-14)25-17-2-1-3-18-20(17)15(22(28)26-18)10-13-4-5-16-19(11-13)24-12-23-16/h1-5,10-12,14,26,28H,6-9H2,(H,25,27)/b13-10+. The molecule has 0 saturated carbocycles. The van der Waals surface area contributed by atoms with Crippen molar-refractivity contribution in [3.05, 3.63) is 52.5 Å². The van der Waals surface area contributed by atoms with Crippen LogP contribution in [-0.2, 0) is 9.53 Å². The van der Waals surface area contributed by atoms with Crippen LogP contribution in [0.4, 0.5) is 11.4 Å². The van der Waals surface area contributed by atoms with E-state index in [9.17, 15) is 9.90 Å². The van der Waals surface area contributed by atoms with Gasteiger partial charge in [-0.25, -0.2) is 9.98 Å². The summed E-state index contributed by atoms with van der Waals surface area (Å²) in [6, 6.07) is 11.3. The van der Waals surface area contributed by atoms with E-state index in [-0.39, 0.29) is 17.7 Å². The zero-order valence-corrected chi connectivity index (χ0v) is 15.7. The average molecular weight is 388 g/mol. The van der Waals surface area contributed by atoms with Gasteiger partial charge in [-0.15, -0.1) is 0 Å². The molecule has 7 heteroatoms. The number of carbonyl (C=O) groups excluding carboxylic acids is 1. The van der Waals surface area contributed by atoms with Gasteiger partial charge in [0.25, 0.3) is 0 Å². The number of anilines is 1. The molecule has 5 rings (SSSR count). The number of hydrogen-bond acceptors (Lipinski definition) is 5. The van der Waals surface area contributed by atoms with Gasteiger partial charge in [0.05, 0.1) is 22.2 Å². The van der Waals surface area contributed by atoms with Gasteiger partial charge in [0, 0.05) is 30.1 Å². The first-order valence-corrected chi connectivity index (χ1v) is 9.63. The second-order valence-corrected chi connectivity index (χ2v) is 7.26. The molecule has 146 valence electrons. The number of aromatic hydroxyl groups is 1. The third-order valence-electron chi connectivity index (χ3n) is 5.40. The van der Waals surface area contributed by atoms with Gasteiger partial charge < -0.3 is 20.1 Å². The Morgan fingerprint density at radius 2 is 2.10 bits per heavy atom. The molecule has 3 aromatic rings. The van der Waals surface area contributed by atoms with Crippen molar-refractivity contribution in [1.29, 1.82) is 0 Å². The first-order chi connectivity index (χ1) is 14.2. The SMILES string of the molecule is O=C(Nc1cccc2[nH]c(O)c(/C=c3\ccc4c(c3)N=CN=4)c12)C1CCOCC1. The number of amides is 1. The lowest BCUT2D eigenvalue weighted by Crippen LogP contribution is -2.28. The summed E-state index contributed by atoms with van der Waals surface area (Å²) in [4.78, 5) is 24.1. The average Bonchev–Trinajstić information content (AvgIpc) is 3.33. The fraction of sp³-hybridized carbons (Fsp3) is 0.227. The summed E-state index contributed by atoms with van der Waals surface area (Å²) in [5.41, 5.74) is 2.86. The predicted octanol–water partition coefficient (Wildman–Crippen LogP) is 2.36. The quantitative estimate of drug-likeness (QED) is 0.642. The van der Waals surface area contributed by atoms with E-state index < -0.39 is 0 Å². The molecule has 0 unspecified atom stereocenters. The lowest BCUT2D eigenvalue weighted by Gasteiger charge is -2.21. The van der Waals surface area contributed by atoms with E-state index in [0.29, 0.717) is 24.5 Å². The molecular formula is C22H20N4O3. The first kappa shape index (κ1) is 17.6. The summed E-state index contributed by atoms with van der Waals surface area (Å²) in [6.07, 6.45) is 4.85. The lowest BCUT2D eigenvalue weighted by atomic mass is 9.99. The van der Waals surface area contributed by atoms with Crippen LogP contribution in [0.2, 0.25) is 0 Å². The maximum atomic E-state index is 12.7. The number of nitrogens with zero attached hydrogens (tertiary/aromatic N) is 2. The second kappa shape index (κ2) is 7.18. The summed E-state index contributed by atoms with van der Waals surface area (Å²) in [7, 11) is 0. The Bertz CT molecular complexity index is 1250. The Kier molecular flexibility index (Phi) is 4.37. The maximum Gasteiger partial charge on any atom is 0.227 e. The van der Waals surface area contributed by atoms with Gasteiger partial charge in [0.15, 0.2) is 5.88 Å². The van der Waals surface area contributed by atoms with Gasteiger partial charge in [-0.05, 0) is 48.4 Å². The number of hydrogen-bond donors (Lipinski definition) is 3. The Hall–Kier alpha value is -3.45. The third-order valence-corrected chi connectivity index (χ3v) is 5.40. The van der Waals surface area contributed by atoms with Gasteiger partial charge in [-0.2, -0.15) is 0 Å². The molecule has 3 heterocycles. The Balaban J connectivity index is 1.57. The normalized spacial score (nSPS) is 16.8. The summed E-state index contributed by atoms with van der Waals surface area (Å²) < 4.78 is 5.35. The van der Waals surface area contributed by atoms with E-state index >= 15 is 0 Å². The minimum atomic E-state index is -0.0581. The summed E-state index contributed by atoms with van der Waals surface area (Å²) >= 11 is 0. The van der Waals surface area contributed by atoms with Crippen molar-refractivity contribution < 1.29 is 14.6 Å². The molecule has 0 aliphatic carbocycles. The Labute approximate surface area is 166 Å². The molecule has 0 radical (unpaired) electrons. The van der Waals surface area contributed by atoms with Crippen LogP contribution in [-0.4, -0.2) is 35.5 Å². The van der Waals surface area contributed by atoms with Crippen molar-refractivity contribution in [2.45, 2.75) is 12.8 Å². The molecule has 1 fully saturated rings. The van der Waals surface area contributed by atoms with Crippen molar-refractivity contribution in [3.63, 3.8) is 0 Å². The fourth-order valence-corrected chi connectivity index (χ4v) is 3.86. The van der Waals surface area contributed by atoms with Gasteiger partial charge in [0.2, 0.25) is 5.91 Å². The number of nitrogens with one attached hydrogen (secondary N) is 2. The molecule has 1 aromatic heterocycles. The molecule has 1 saturated heterocycles. The smallest absolute Gasteiger partial charge is 0.227 e. The van der Waals surface area contributed by atoms with Crippen molar-refractivity contribution >= 4 is 40.6 Å². The highest BCUT2D eigenvalue weighted by molar-refractivity contribution is 6.06. The summed E-state index contributed by atoms with van der Waals surface area (Å²) in [5.74, 6) is -0.0142. The summed E-state index contributed by atoms with van der Waals surface area (Å²) in [6.45, 7) is 1.22. The zero-order valence-electron chi connectivity index (χ0n) is 15.7. The molecule has 2 aromatic carbocycles. The number of aliphatic imine (C=N–C) groups is 1. The molecule has 2 aliphatic rings. The molecule has 1 amide bonds. The van der Waals surface area contributed by atoms with Gasteiger partial charge in [0.1, 0.15) is 6.34 Å². The van der Waals surface area contributed by atoms with E-state index in [1.54, 1.807) is 0 Å². The molecule has 7 nitrogen and oxygen atoms in total. The minimum absolute atomic E-state index is 0.0130. The molecule has 2 aliphatic heterocycles. The highest BCUT2D eigenvalue weighted by Crippen LogP contribution is 2.34. The summed E-state index contributed by atoms with van der Waals surface area (Å²) in [5, 5.41) is 16.1. The van der Waals surface area contributed by atoms with Crippen molar-refractivity contribution in [1.82, 2.24) is 4.98 Å². The van der Waals surface area contributed by atoms with Gasteiger partial charge >= 0.3 is 0 Å². The highest BCUT2D eigenvalue weighted by Gasteiger charge is 2.23. The van der Waals surface area contributed by atoms with Crippen molar-refractivity contribution in [2.75, 3.05) is 18.5 Å². The first-order valence-electron chi connectivity index (χ1n) is 9.63. The van der Waals surface area contributed by atoms with Crippen molar-refractivity contribution in [2.24, 2.45) is 15.9 Å². The lowest BCUT2D eigenvalue weighted by molar-refractivity contribution is -0.122. The minimum Gasteiger partial charge on any atom is -0.494 e. The molecule has 3 N–H and O–H groups in total. The Morgan fingerprint density at radius 1 is 1.24 bits per heavy atom. The van der Waals surface area contributed by atoms with Crippen LogP contribution in [0.25, 0.3) is 17.0 Å². The van der Waals surface area contributed by atoms with E-state index in [1.807, 2.05) is 42.5 Å². The number of H-pyrrole nitrogens is 1. The third kappa shape index (κ3) is 3.30. The van der Waals surface area contributed by atoms with E-state index in [0.717, 1.165) is 40.0 Å². The van der Waals surface area contributed by atoms with Crippen LogP contribution < -0.4 is 15.9 Å². The van der Waals surface area contributed by atoms with Crippen LogP contribution in [0, 0.1) is 5.92 Å². The fourth-order valence-electron chi connectivity index (χ4n) is 3.86. The maximum absolute atomic E-state index is 12.7. The van der Waals surface area contributed by atoms with Crippen LogP contribution in [0.15, 0.2) is 46.4 Å². The second-order valence-electron chi connectivity index (χ2n) is 7.26. The van der Waals surface area contributed by atoms with E-state index in [2.05, 4.69) is 20.3 Å². The number of rotatable bonds is 3. The van der Waals surface area contributed by atoms with Crippen LogP contribution in [0.3, 0.4) is 0 Å². The number of carbonyl (C=O) groups is 1. The molecule has 0 spiro atoms. The van der Waals surface area contributed by atoms with Gasteiger partial charge in [-0.3, -0.25) is 4.79 Å². The monoisotopic (exact) mass is 388 g/mol. The molecule has 29 heavy (non-hydrogen) atoms. The zero-order chi connectivity index (χ0) is 19.8. The molecule has 0 bridgehead atoms. The van der Waals surface area contributed by atoms with Crippen LogP contribution in [0.5, 0.6) is 5.88 Å². The largest absolute Gasteiger partial charge is 0.494 e. The van der Waals surface area contributed by atoms with Crippen molar-refractivity contribution in [3.8, 4) is 5.88 Å². The van der Waals surface area contributed by atoms with E-state index in [4.69, 9.17) is 4.74 Å². The van der Waals surface area contributed by atoms with E-state index in [1.165, 1.54) is 6.34 Å². The number of aromatic nitrogens is 1. The number of benzene rings is 2. The number of aromatic amines is 1.